The van der Waals surface area contributed by atoms with Gasteiger partial charge in [-0.3, -0.25) is 0 Å². The third kappa shape index (κ3) is 2.87. The zero-order valence-corrected chi connectivity index (χ0v) is 8.93. The molecule has 0 aliphatic carbocycles. The molecule has 0 amide bonds. The number of aliphatic hydroxyl groups excluding tert-OH is 1. The fourth-order valence-electron chi connectivity index (χ4n) is 1.38. The number of rotatable bonds is 4. The molecule has 15 heavy (non-hydrogen) atoms. The minimum absolute atomic E-state index is 0.0161. The Balaban J connectivity index is 3.10. The largest absolute Gasteiger partial charge is 0.387 e. The molecule has 1 atom stereocenters. The third-order valence-electron chi connectivity index (χ3n) is 2.06. The second-order valence-electron chi connectivity index (χ2n) is 3.12. The highest BCUT2D eigenvalue weighted by Gasteiger charge is 2.20. The second-order valence-corrected chi connectivity index (χ2v) is 3.52. The van der Waals surface area contributed by atoms with Crippen molar-refractivity contribution in [2.75, 3.05) is 13.6 Å². The number of nitrogens with one attached hydrogen (secondary N) is 1. The highest BCUT2D eigenvalue weighted by molar-refractivity contribution is 6.31. The average Bonchev–Trinajstić information content (AvgIpc) is 2.17. The standard InChI is InChI=1S/C10H12ClF2NO/c1-14-5-8(15)6-3-2-4-7(11)9(6)10(12)13/h2-4,8,10,14-15H,5H2,1H3. The summed E-state index contributed by atoms with van der Waals surface area (Å²) in [6.45, 7) is 0.208. The van der Waals surface area contributed by atoms with Crippen LogP contribution in [0.2, 0.25) is 5.02 Å². The quantitative estimate of drug-likeness (QED) is 0.841. The average molecular weight is 236 g/mol. The molecule has 0 fully saturated rings. The van der Waals surface area contributed by atoms with E-state index in [1.54, 1.807) is 13.1 Å². The van der Waals surface area contributed by atoms with Gasteiger partial charge in [-0.15, -0.1) is 0 Å². The maximum absolute atomic E-state index is 12.7. The summed E-state index contributed by atoms with van der Waals surface area (Å²) in [6, 6.07) is 4.39. The molecule has 0 saturated carbocycles. The van der Waals surface area contributed by atoms with Gasteiger partial charge in [0.1, 0.15) is 0 Å². The molecule has 1 rings (SSSR count). The van der Waals surface area contributed by atoms with Crippen molar-refractivity contribution in [2.45, 2.75) is 12.5 Å². The minimum Gasteiger partial charge on any atom is -0.387 e. The van der Waals surface area contributed by atoms with Crippen molar-refractivity contribution in [2.24, 2.45) is 0 Å². The first-order valence-electron chi connectivity index (χ1n) is 4.47. The van der Waals surface area contributed by atoms with Crippen LogP contribution in [0.15, 0.2) is 18.2 Å². The zero-order valence-electron chi connectivity index (χ0n) is 8.17. The van der Waals surface area contributed by atoms with Crippen LogP contribution in [0.4, 0.5) is 8.78 Å². The molecule has 5 heteroatoms. The molecular formula is C10H12ClF2NO. The maximum Gasteiger partial charge on any atom is 0.265 e. The van der Waals surface area contributed by atoms with Crippen molar-refractivity contribution >= 4 is 11.6 Å². The minimum atomic E-state index is -2.68. The van der Waals surface area contributed by atoms with Crippen LogP contribution in [0.1, 0.15) is 23.7 Å². The Labute approximate surface area is 91.9 Å². The highest BCUT2D eigenvalue weighted by atomic mass is 35.5. The van der Waals surface area contributed by atoms with Crippen LogP contribution in [-0.4, -0.2) is 18.7 Å². The number of benzene rings is 1. The van der Waals surface area contributed by atoms with Gasteiger partial charge in [-0.1, -0.05) is 23.7 Å². The van der Waals surface area contributed by atoms with E-state index in [1.165, 1.54) is 12.1 Å². The van der Waals surface area contributed by atoms with Crippen LogP contribution in [0.5, 0.6) is 0 Å². The lowest BCUT2D eigenvalue weighted by Gasteiger charge is -2.15. The van der Waals surface area contributed by atoms with Gasteiger partial charge in [-0.05, 0) is 18.7 Å². The molecule has 1 aromatic carbocycles. The van der Waals surface area contributed by atoms with Gasteiger partial charge in [0, 0.05) is 17.1 Å². The van der Waals surface area contributed by atoms with Gasteiger partial charge < -0.3 is 10.4 Å². The smallest absolute Gasteiger partial charge is 0.265 e. The summed E-state index contributed by atoms with van der Waals surface area (Å²) in [6.07, 6.45) is -3.65. The second kappa shape index (κ2) is 5.39. The van der Waals surface area contributed by atoms with E-state index in [0.29, 0.717) is 0 Å². The first-order valence-corrected chi connectivity index (χ1v) is 4.84. The molecule has 0 spiro atoms. The van der Waals surface area contributed by atoms with E-state index >= 15 is 0 Å². The number of hydrogen-bond acceptors (Lipinski definition) is 2. The van der Waals surface area contributed by atoms with Gasteiger partial charge in [0.15, 0.2) is 0 Å². The van der Waals surface area contributed by atoms with Crippen molar-refractivity contribution in [1.82, 2.24) is 5.32 Å². The zero-order chi connectivity index (χ0) is 11.4. The molecular weight excluding hydrogens is 224 g/mol. The SMILES string of the molecule is CNCC(O)c1cccc(Cl)c1C(F)F. The Morgan fingerprint density at radius 1 is 1.47 bits per heavy atom. The van der Waals surface area contributed by atoms with Crippen molar-refractivity contribution < 1.29 is 13.9 Å². The van der Waals surface area contributed by atoms with E-state index in [0.717, 1.165) is 0 Å². The third-order valence-corrected chi connectivity index (χ3v) is 2.39. The van der Waals surface area contributed by atoms with Crippen molar-refractivity contribution in [3.05, 3.63) is 34.3 Å². The maximum atomic E-state index is 12.7. The fourth-order valence-corrected chi connectivity index (χ4v) is 1.64. The van der Waals surface area contributed by atoms with Crippen molar-refractivity contribution in [3.63, 3.8) is 0 Å². The lowest BCUT2D eigenvalue weighted by Crippen LogP contribution is -2.18. The molecule has 0 aliphatic heterocycles. The predicted molar refractivity (Wildman–Crippen MR) is 55.3 cm³/mol. The molecule has 2 N–H and O–H groups in total. The lowest BCUT2D eigenvalue weighted by atomic mass is 10.0. The molecule has 0 radical (unpaired) electrons. The molecule has 1 unspecified atom stereocenters. The summed E-state index contributed by atoms with van der Waals surface area (Å²) in [5.41, 5.74) is -0.117. The topological polar surface area (TPSA) is 32.3 Å². The van der Waals surface area contributed by atoms with Crippen LogP contribution in [0, 0.1) is 0 Å². The highest BCUT2D eigenvalue weighted by Crippen LogP contribution is 2.33. The summed E-state index contributed by atoms with van der Waals surface area (Å²) in [4.78, 5) is 0. The Bertz CT molecular complexity index is 333. The number of aliphatic hydroxyl groups is 1. The molecule has 84 valence electrons. The van der Waals surface area contributed by atoms with Crippen molar-refractivity contribution in [1.29, 1.82) is 0 Å². The van der Waals surface area contributed by atoms with Gasteiger partial charge in [-0.2, -0.15) is 0 Å². The normalized spacial score (nSPS) is 13.2. The molecule has 1 aromatic rings. The van der Waals surface area contributed by atoms with Gasteiger partial charge in [0.25, 0.3) is 6.43 Å². The number of alkyl halides is 2. The molecule has 0 aromatic heterocycles. The first kappa shape index (κ1) is 12.4. The number of hydrogen-bond donors (Lipinski definition) is 2. The van der Waals surface area contributed by atoms with E-state index in [2.05, 4.69) is 5.32 Å². The molecule has 0 saturated heterocycles. The van der Waals surface area contributed by atoms with Gasteiger partial charge >= 0.3 is 0 Å². The van der Waals surface area contributed by atoms with E-state index in [1.807, 2.05) is 0 Å². The first-order chi connectivity index (χ1) is 7.07. The van der Waals surface area contributed by atoms with E-state index in [9.17, 15) is 13.9 Å². The van der Waals surface area contributed by atoms with Crippen LogP contribution >= 0.6 is 11.6 Å². The van der Waals surface area contributed by atoms with Crippen LogP contribution in [-0.2, 0) is 0 Å². The van der Waals surface area contributed by atoms with Crippen LogP contribution in [0.3, 0.4) is 0 Å². The Kier molecular flexibility index (Phi) is 4.45. The van der Waals surface area contributed by atoms with E-state index in [4.69, 9.17) is 11.6 Å². The molecule has 0 heterocycles. The Morgan fingerprint density at radius 2 is 2.13 bits per heavy atom. The predicted octanol–water partition coefficient (Wildman–Crippen LogP) is 2.53. The summed E-state index contributed by atoms with van der Waals surface area (Å²) in [7, 11) is 1.63. The van der Waals surface area contributed by atoms with E-state index < -0.39 is 12.5 Å². The summed E-state index contributed by atoms with van der Waals surface area (Å²) in [5, 5.41) is 12.3. The molecule has 2 nitrogen and oxygen atoms in total. The monoisotopic (exact) mass is 235 g/mol. The fraction of sp³-hybridized carbons (Fsp3) is 0.400. The van der Waals surface area contributed by atoms with Crippen LogP contribution in [0.25, 0.3) is 0 Å². The van der Waals surface area contributed by atoms with Gasteiger partial charge in [0.2, 0.25) is 0 Å². The molecule has 0 aliphatic rings. The number of halogens is 3. The van der Waals surface area contributed by atoms with Crippen LogP contribution < -0.4 is 5.32 Å². The summed E-state index contributed by atoms with van der Waals surface area (Å²) < 4.78 is 25.3. The Morgan fingerprint density at radius 3 is 2.67 bits per heavy atom. The van der Waals surface area contributed by atoms with E-state index in [-0.39, 0.29) is 22.7 Å². The van der Waals surface area contributed by atoms with Gasteiger partial charge in [-0.25, -0.2) is 8.78 Å². The lowest BCUT2D eigenvalue weighted by molar-refractivity contribution is 0.136. The van der Waals surface area contributed by atoms with Gasteiger partial charge in [0.05, 0.1) is 6.10 Å². The molecule has 0 bridgehead atoms. The summed E-state index contributed by atoms with van der Waals surface area (Å²) in [5.74, 6) is 0. The Hall–Kier alpha value is -0.710. The van der Waals surface area contributed by atoms with Crippen molar-refractivity contribution in [3.8, 4) is 0 Å². The number of likely N-dealkylation sites (N-methyl/N-ethyl adjacent to an activating group) is 1. The summed E-state index contributed by atoms with van der Waals surface area (Å²) >= 11 is 5.66.